The van der Waals surface area contributed by atoms with E-state index < -0.39 is 27.0 Å². The minimum atomic E-state index is -3.92. The Morgan fingerprint density at radius 1 is 1.35 bits per heavy atom. The zero-order chi connectivity index (χ0) is 15.5. The molecule has 20 heavy (non-hydrogen) atoms. The van der Waals surface area contributed by atoms with Crippen molar-refractivity contribution in [3.05, 3.63) is 28.0 Å². The normalized spacial score (nSPS) is 15.1. The molecule has 0 aliphatic carbocycles. The molecular weight excluding hydrogens is 328 g/mol. The molecule has 0 amide bonds. The van der Waals surface area contributed by atoms with E-state index >= 15 is 0 Å². The average molecular weight is 344 g/mol. The third-order valence-electron chi connectivity index (χ3n) is 2.65. The summed E-state index contributed by atoms with van der Waals surface area (Å²) in [6.45, 7) is 3.53. The SMILES string of the molecule is C[C@H](CNS(=O)(=O)c1ccc(Cl)c(F)c1Cl)C[C@H](C)O. The van der Waals surface area contributed by atoms with E-state index in [1.165, 1.54) is 0 Å². The highest BCUT2D eigenvalue weighted by atomic mass is 35.5. The van der Waals surface area contributed by atoms with Crippen molar-refractivity contribution in [2.24, 2.45) is 5.92 Å². The van der Waals surface area contributed by atoms with Gasteiger partial charge in [-0.3, -0.25) is 0 Å². The molecule has 0 fully saturated rings. The summed E-state index contributed by atoms with van der Waals surface area (Å²) in [5.41, 5.74) is 0. The van der Waals surface area contributed by atoms with E-state index in [9.17, 15) is 17.9 Å². The number of aliphatic hydroxyl groups is 1. The second-order valence-electron chi connectivity index (χ2n) is 4.72. The summed E-state index contributed by atoms with van der Waals surface area (Å²) in [5.74, 6) is -1.03. The van der Waals surface area contributed by atoms with E-state index in [1.54, 1.807) is 13.8 Å². The van der Waals surface area contributed by atoms with E-state index in [0.717, 1.165) is 12.1 Å². The van der Waals surface area contributed by atoms with Crippen LogP contribution in [0.2, 0.25) is 10.0 Å². The number of hydrogen-bond donors (Lipinski definition) is 2. The lowest BCUT2D eigenvalue weighted by Crippen LogP contribution is -2.30. The first kappa shape index (κ1) is 17.7. The molecule has 0 aromatic heterocycles. The second kappa shape index (κ2) is 7.04. The van der Waals surface area contributed by atoms with Crippen LogP contribution in [-0.2, 0) is 10.0 Å². The van der Waals surface area contributed by atoms with Gasteiger partial charge < -0.3 is 5.11 Å². The zero-order valence-electron chi connectivity index (χ0n) is 11.0. The molecule has 114 valence electrons. The van der Waals surface area contributed by atoms with Crippen molar-refractivity contribution < 1.29 is 17.9 Å². The number of aliphatic hydroxyl groups excluding tert-OH is 1. The Bertz CT molecular complexity index is 578. The summed E-state index contributed by atoms with van der Waals surface area (Å²) in [4.78, 5) is -0.356. The van der Waals surface area contributed by atoms with Crippen LogP contribution in [0.1, 0.15) is 20.3 Å². The molecule has 1 aromatic carbocycles. The molecule has 1 aromatic rings. The van der Waals surface area contributed by atoms with Crippen LogP contribution < -0.4 is 4.72 Å². The molecule has 0 aliphatic rings. The molecule has 0 bridgehead atoms. The zero-order valence-corrected chi connectivity index (χ0v) is 13.4. The monoisotopic (exact) mass is 343 g/mol. The summed E-state index contributed by atoms with van der Waals surface area (Å²) >= 11 is 11.2. The van der Waals surface area contributed by atoms with Crippen molar-refractivity contribution in [3.8, 4) is 0 Å². The minimum absolute atomic E-state index is 0.0688. The molecule has 2 atom stereocenters. The van der Waals surface area contributed by atoms with Crippen LogP contribution in [0.3, 0.4) is 0 Å². The van der Waals surface area contributed by atoms with Crippen LogP contribution in [0, 0.1) is 11.7 Å². The van der Waals surface area contributed by atoms with Gasteiger partial charge in [0.2, 0.25) is 10.0 Å². The van der Waals surface area contributed by atoms with E-state index in [1.807, 2.05) is 0 Å². The van der Waals surface area contributed by atoms with E-state index in [-0.39, 0.29) is 22.4 Å². The number of hydrogen-bond acceptors (Lipinski definition) is 3. The Hall–Kier alpha value is -0.400. The molecule has 0 heterocycles. The minimum Gasteiger partial charge on any atom is -0.393 e. The van der Waals surface area contributed by atoms with Crippen molar-refractivity contribution in [2.75, 3.05) is 6.54 Å². The van der Waals surface area contributed by atoms with Crippen LogP contribution in [0.15, 0.2) is 17.0 Å². The van der Waals surface area contributed by atoms with Crippen LogP contribution >= 0.6 is 23.2 Å². The lowest BCUT2D eigenvalue weighted by Gasteiger charge is -2.15. The third-order valence-corrected chi connectivity index (χ3v) is 4.89. The van der Waals surface area contributed by atoms with Gasteiger partial charge in [0.1, 0.15) is 4.90 Å². The molecule has 0 unspecified atom stereocenters. The number of nitrogens with one attached hydrogen (secondary N) is 1. The molecular formula is C12H16Cl2FNO3S. The van der Waals surface area contributed by atoms with Gasteiger partial charge >= 0.3 is 0 Å². The Morgan fingerprint density at radius 2 is 1.95 bits per heavy atom. The van der Waals surface area contributed by atoms with Gasteiger partial charge in [-0.1, -0.05) is 30.1 Å². The predicted octanol–water partition coefficient (Wildman–Crippen LogP) is 2.82. The highest BCUT2D eigenvalue weighted by molar-refractivity contribution is 7.89. The van der Waals surface area contributed by atoms with Crippen molar-refractivity contribution in [1.82, 2.24) is 4.72 Å². The lowest BCUT2D eigenvalue weighted by atomic mass is 10.1. The molecule has 0 saturated heterocycles. The van der Waals surface area contributed by atoms with Crippen molar-refractivity contribution in [3.63, 3.8) is 0 Å². The van der Waals surface area contributed by atoms with E-state index in [0.29, 0.717) is 6.42 Å². The number of benzene rings is 1. The van der Waals surface area contributed by atoms with Crippen LogP contribution in [0.5, 0.6) is 0 Å². The molecule has 8 heteroatoms. The first-order chi connectivity index (χ1) is 9.15. The summed E-state index contributed by atoms with van der Waals surface area (Å²) in [6, 6.07) is 2.28. The Kier molecular flexibility index (Phi) is 6.22. The molecule has 1 rings (SSSR count). The van der Waals surface area contributed by atoms with Gasteiger partial charge in [-0.15, -0.1) is 0 Å². The number of halogens is 3. The van der Waals surface area contributed by atoms with Gasteiger partial charge in [-0.2, -0.15) is 0 Å². The average Bonchev–Trinajstić information content (AvgIpc) is 2.32. The first-order valence-electron chi connectivity index (χ1n) is 5.96. The highest BCUT2D eigenvalue weighted by Gasteiger charge is 2.22. The van der Waals surface area contributed by atoms with Crippen LogP contribution in [-0.4, -0.2) is 26.2 Å². The topological polar surface area (TPSA) is 66.4 Å². The maximum Gasteiger partial charge on any atom is 0.242 e. The van der Waals surface area contributed by atoms with Gasteiger partial charge in [-0.05, 0) is 31.4 Å². The fraction of sp³-hybridized carbons (Fsp3) is 0.500. The molecule has 2 N–H and O–H groups in total. The summed E-state index contributed by atoms with van der Waals surface area (Å²) in [6.07, 6.45) is -0.0725. The van der Waals surface area contributed by atoms with Crippen molar-refractivity contribution in [1.29, 1.82) is 0 Å². The fourth-order valence-electron chi connectivity index (χ4n) is 1.71. The molecule has 4 nitrogen and oxygen atoms in total. The predicted molar refractivity (Wildman–Crippen MR) is 77.1 cm³/mol. The van der Waals surface area contributed by atoms with Crippen molar-refractivity contribution in [2.45, 2.75) is 31.3 Å². The summed E-state index contributed by atoms with van der Waals surface area (Å²) in [5, 5.41) is 8.44. The second-order valence-corrected chi connectivity index (χ2v) is 7.24. The molecule has 0 spiro atoms. The van der Waals surface area contributed by atoms with Gasteiger partial charge in [0.05, 0.1) is 16.1 Å². The van der Waals surface area contributed by atoms with Gasteiger partial charge in [0.15, 0.2) is 5.82 Å². The fourth-order valence-corrected chi connectivity index (χ4v) is 3.62. The molecule has 0 saturated carbocycles. The molecule has 0 aliphatic heterocycles. The number of rotatable bonds is 6. The van der Waals surface area contributed by atoms with Gasteiger partial charge in [0.25, 0.3) is 0 Å². The Balaban J connectivity index is 2.87. The number of sulfonamides is 1. The quantitative estimate of drug-likeness (QED) is 0.780. The Morgan fingerprint density at radius 3 is 2.50 bits per heavy atom. The third kappa shape index (κ3) is 4.56. The standard InChI is InChI=1S/C12H16Cl2FNO3S/c1-7(5-8(2)17)6-16-20(18,19)10-4-3-9(13)12(15)11(10)14/h3-4,7-8,16-17H,5-6H2,1-2H3/t7-,8-/m0/s1. The smallest absolute Gasteiger partial charge is 0.242 e. The van der Waals surface area contributed by atoms with Crippen molar-refractivity contribution >= 4 is 33.2 Å². The summed E-state index contributed by atoms with van der Waals surface area (Å²) < 4.78 is 39.9. The van der Waals surface area contributed by atoms with Gasteiger partial charge in [0, 0.05) is 6.54 Å². The lowest BCUT2D eigenvalue weighted by molar-refractivity contribution is 0.165. The summed E-state index contributed by atoms with van der Waals surface area (Å²) in [7, 11) is -3.92. The first-order valence-corrected chi connectivity index (χ1v) is 8.20. The largest absolute Gasteiger partial charge is 0.393 e. The molecule has 0 radical (unpaired) electrons. The highest BCUT2D eigenvalue weighted by Crippen LogP contribution is 2.29. The van der Waals surface area contributed by atoms with E-state index in [2.05, 4.69) is 4.72 Å². The maximum absolute atomic E-state index is 13.5. The maximum atomic E-state index is 13.5. The van der Waals surface area contributed by atoms with Crippen LogP contribution in [0.4, 0.5) is 4.39 Å². The Labute approximate surface area is 127 Å². The van der Waals surface area contributed by atoms with Gasteiger partial charge in [-0.25, -0.2) is 17.5 Å². The van der Waals surface area contributed by atoms with E-state index in [4.69, 9.17) is 23.2 Å². The van der Waals surface area contributed by atoms with Crippen LogP contribution in [0.25, 0.3) is 0 Å².